The van der Waals surface area contributed by atoms with Gasteiger partial charge in [-0.25, -0.2) is 4.98 Å². The lowest BCUT2D eigenvalue weighted by Gasteiger charge is -2.24. The number of fused-ring (bicyclic) bond motifs is 1. The van der Waals surface area contributed by atoms with Crippen molar-refractivity contribution in [2.24, 2.45) is 5.73 Å². The molecule has 1 fully saturated rings. The van der Waals surface area contributed by atoms with Gasteiger partial charge >= 0.3 is 0 Å². The third-order valence-corrected chi connectivity index (χ3v) is 4.67. The largest absolute Gasteiger partial charge is 0.423 e. The predicted octanol–water partition coefficient (Wildman–Crippen LogP) is 1.16. The summed E-state index contributed by atoms with van der Waals surface area (Å²) < 4.78 is 5.85. The summed E-state index contributed by atoms with van der Waals surface area (Å²) >= 11 is 0. The molecule has 136 valence electrons. The molecule has 1 aliphatic rings. The number of nitrogens with zero attached hydrogens (tertiary/aromatic N) is 4. The average molecular weight is 354 g/mol. The summed E-state index contributed by atoms with van der Waals surface area (Å²) in [5.41, 5.74) is 8.60. The van der Waals surface area contributed by atoms with Crippen molar-refractivity contribution in [3.63, 3.8) is 0 Å². The minimum absolute atomic E-state index is 0.0287. The van der Waals surface area contributed by atoms with E-state index in [0.29, 0.717) is 32.1 Å². The molecule has 3 N–H and O–H groups in total. The number of amides is 1. The van der Waals surface area contributed by atoms with Crippen molar-refractivity contribution in [2.75, 3.05) is 31.1 Å². The Kier molecular flexibility index (Phi) is 4.57. The standard InChI is InChI=1S/C18H22N6O2/c19-14(10-13-11-20-12-21-13)17(25)23-6-3-7-24(9-8-23)18-22-15-4-1-2-5-16(15)26-18/h1-2,4-5,11-12,14H,3,6-10,19H2,(H,20,21)/t14-/m0/s1. The van der Waals surface area contributed by atoms with E-state index in [2.05, 4.69) is 19.9 Å². The van der Waals surface area contributed by atoms with Gasteiger partial charge in [0.05, 0.1) is 12.4 Å². The number of carbonyl (C=O) groups is 1. The molecule has 0 bridgehead atoms. The highest BCUT2D eigenvalue weighted by atomic mass is 16.4. The molecule has 3 aromatic rings. The fourth-order valence-electron chi connectivity index (χ4n) is 3.28. The number of para-hydroxylation sites is 2. The second-order valence-electron chi connectivity index (χ2n) is 6.52. The van der Waals surface area contributed by atoms with Gasteiger partial charge < -0.3 is 24.9 Å². The summed E-state index contributed by atoms with van der Waals surface area (Å²) in [6.07, 6.45) is 4.60. The summed E-state index contributed by atoms with van der Waals surface area (Å²) in [5, 5.41) is 0. The minimum atomic E-state index is -0.564. The van der Waals surface area contributed by atoms with Crippen LogP contribution in [0.25, 0.3) is 11.1 Å². The Labute approximate surface area is 151 Å². The fourth-order valence-corrected chi connectivity index (χ4v) is 3.28. The molecule has 0 spiro atoms. The lowest BCUT2D eigenvalue weighted by atomic mass is 10.1. The molecule has 0 saturated carbocycles. The second-order valence-corrected chi connectivity index (χ2v) is 6.52. The zero-order valence-corrected chi connectivity index (χ0v) is 14.5. The highest BCUT2D eigenvalue weighted by molar-refractivity contribution is 5.82. The summed E-state index contributed by atoms with van der Waals surface area (Å²) in [6, 6.07) is 7.77. The summed E-state index contributed by atoms with van der Waals surface area (Å²) in [7, 11) is 0. The van der Waals surface area contributed by atoms with E-state index >= 15 is 0 Å². The van der Waals surface area contributed by atoms with E-state index in [1.807, 2.05) is 29.2 Å². The van der Waals surface area contributed by atoms with Crippen molar-refractivity contribution in [2.45, 2.75) is 18.9 Å². The highest BCUT2D eigenvalue weighted by Gasteiger charge is 2.25. The molecule has 0 unspecified atom stereocenters. The van der Waals surface area contributed by atoms with E-state index in [9.17, 15) is 4.79 Å². The van der Waals surface area contributed by atoms with Crippen LogP contribution in [0.2, 0.25) is 0 Å². The Morgan fingerprint density at radius 3 is 2.96 bits per heavy atom. The fraction of sp³-hybridized carbons (Fsp3) is 0.389. The lowest BCUT2D eigenvalue weighted by molar-refractivity contribution is -0.132. The van der Waals surface area contributed by atoms with Crippen LogP contribution in [0, 0.1) is 0 Å². The maximum Gasteiger partial charge on any atom is 0.298 e. The number of nitrogens with one attached hydrogen (secondary N) is 1. The number of H-pyrrole nitrogens is 1. The van der Waals surface area contributed by atoms with E-state index in [0.717, 1.165) is 29.8 Å². The SMILES string of the molecule is N[C@@H](Cc1cnc[nH]1)C(=O)N1CCCN(c2nc3ccccc3o2)CC1. The van der Waals surface area contributed by atoms with Crippen molar-refractivity contribution in [3.05, 3.63) is 42.5 Å². The smallest absolute Gasteiger partial charge is 0.298 e. The maximum absolute atomic E-state index is 12.7. The number of imidazole rings is 1. The normalized spacial score (nSPS) is 16.7. The van der Waals surface area contributed by atoms with E-state index in [-0.39, 0.29) is 5.91 Å². The third-order valence-electron chi connectivity index (χ3n) is 4.67. The molecular weight excluding hydrogens is 332 g/mol. The van der Waals surface area contributed by atoms with E-state index in [1.54, 1.807) is 12.5 Å². The van der Waals surface area contributed by atoms with Crippen LogP contribution < -0.4 is 10.6 Å². The van der Waals surface area contributed by atoms with Gasteiger partial charge in [0.25, 0.3) is 6.01 Å². The number of aromatic nitrogens is 3. The zero-order chi connectivity index (χ0) is 17.9. The molecule has 2 aromatic heterocycles. The zero-order valence-electron chi connectivity index (χ0n) is 14.5. The number of hydrogen-bond acceptors (Lipinski definition) is 6. The first kappa shape index (κ1) is 16.6. The molecule has 1 amide bonds. The first-order chi connectivity index (χ1) is 12.7. The number of nitrogens with two attached hydrogens (primary N) is 1. The Bertz CT molecular complexity index is 842. The van der Waals surface area contributed by atoms with Gasteiger partial charge in [-0.2, -0.15) is 4.98 Å². The summed E-state index contributed by atoms with van der Waals surface area (Å²) in [5.74, 6) is -0.0287. The second kappa shape index (κ2) is 7.17. The van der Waals surface area contributed by atoms with E-state index < -0.39 is 6.04 Å². The van der Waals surface area contributed by atoms with Crippen molar-refractivity contribution >= 4 is 23.0 Å². The third kappa shape index (κ3) is 3.41. The molecule has 26 heavy (non-hydrogen) atoms. The molecule has 1 atom stereocenters. The molecule has 4 rings (SSSR count). The monoisotopic (exact) mass is 354 g/mol. The van der Waals surface area contributed by atoms with Gasteiger partial charge in [-0.3, -0.25) is 4.79 Å². The van der Waals surface area contributed by atoms with Crippen molar-refractivity contribution in [1.82, 2.24) is 19.9 Å². The van der Waals surface area contributed by atoms with Gasteiger partial charge in [0.15, 0.2) is 5.58 Å². The van der Waals surface area contributed by atoms with Crippen LogP contribution >= 0.6 is 0 Å². The first-order valence-electron chi connectivity index (χ1n) is 8.83. The first-order valence-corrected chi connectivity index (χ1v) is 8.83. The number of oxazole rings is 1. The Morgan fingerprint density at radius 2 is 2.15 bits per heavy atom. The molecule has 0 radical (unpaired) electrons. The Balaban J connectivity index is 1.40. The van der Waals surface area contributed by atoms with Crippen molar-refractivity contribution in [3.8, 4) is 0 Å². The summed E-state index contributed by atoms with van der Waals surface area (Å²) in [4.78, 5) is 28.1. The van der Waals surface area contributed by atoms with Gasteiger partial charge in [0, 0.05) is 44.5 Å². The van der Waals surface area contributed by atoms with Crippen LogP contribution in [-0.2, 0) is 11.2 Å². The number of benzene rings is 1. The van der Waals surface area contributed by atoms with Gasteiger partial charge in [-0.1, -0.05) is 12.1 Å². The van der Waals surface area contributed by atoms with Gasteiger partial charge in [0.1, 0.15) is 5.52 Å². The van der Waals surface area contributed by atoms with E-state index in [4.69, 9.17) is 10.2 Å². The van der Waals surface area contributed by atoms with Crippen LogP contribution in [0.3, 0.4) is 0 Å². The molecule has 1 saturated heterocycles. The van der Waals surface area contributed by atoms with Crippen LogP contribution in [0.15, 0.2) is 41.2 Å². The number of rotatable bonds is 4. The van der Waals surface area contributed by atoms with Crippen LogP contribution in [0.5, 0.6) is 0 Å². The molecule has 1 aliphatic heterocycles. The maximum atomic E-state index is 12.7. The van der Waals surface area contributed by atoms with Crippen molar-refractivity contribution < 1.29 is 9.21 Å². The van der Waals surface area contributed by atoms with Crippen LogP contribution in [0.1, 0.15) is 12.1 Å². The average Bonchev–Trinajstić information content (AvgIpc) is 3.25. The molecular formula is C18H22N6O2. The Hall–Kier alpha value is -2.87. The minimum Gasteiger partial charge on any atom is -0.423 e. The van der Waals surface area contributed by atoms with Gasteiger partial charge in [0.2, 0.25) is 5.91 Å². The molecule has 8 nitrogen and oxygen atoms in total. The number of aromatic amines is 1. The highest BCUT2D eigenvalue weighted by Crippen LogP contribution is 2.22. The van der Waals surface area contributed by atoms with Crippen LogP contribution in [0.4, 0.5) is 6.01 Å². The quantitative estimate of drug-likeness (QED) is 0.728. The molecule has 8 heteroatoms. The molecule has 3 heterocycles. The number of anilines is 1. The van der Waals surface area contributed by atoms with E-state index in [1.165, 1.54) is 0 Å². The summed E-state index contributed by atoms with van der Waals surface area (Å²) in [6.45, 7) is 2.77. The molecule has 0 aliphatic carbocycles. The number of hydrogen-bond donors (Lipinski definition) is 2. The lowest BCUT2D eigenvalue weighted by Crippen LogP contribution is -2.46. The van der Waals surface area contributed by atoms with Gasteiger partial charge in [-0.15, -0.1) is 0 Å². The number of carbonyl (C=O) groups excluding carboxylic acids is 1. The van der Waals surface area contributed by atoms with Crippen LogP contribution in [-0.4, -0.2) is 58.0 Å². The van der Waals surface area contributed by atoms with Crippen molar-refractivity contribution in [1.29, 1.82) is 0 Å². The Morgan fingerprint density at radius 1 is 1.27 bits per heavy atom. The topological polar surface area (TPSA) is 104 Å². The van der Waals surface area contributed by atoms with Gasteiger partial charge in [-0.05, 0) is 18.6 Å². The molecule has 1 aromatic carbocycles. The predicted molar refractivity (Wildman–Crippen MR) is 97.7 cm³/mol.